The molecule has 1 atom stereocenters. The lowest BCUT2D eigenvalue weighted by atomic mass is 10.1. The molecule has 28 heavy (non-hydrogen) atoms. The summed E-state index contributed by atoms with van der Waals surface area (Å²) in [6.45, 7) is 3.91. The highest BCUT2D eigenvalue weighted by Gasteiger charge is 2.37. The largest absolute Gasteiger partial charge is 0.453 e. The first-order valence-electron chi connectivity index (χ1n) is 9.42. The summed E-state index contributed by atoms with van der Waals surface area (Å²) in [7, 11) is 0. The molecule has 10 heteroatoms. The first-order valence-corrected chi connectivity index (χ1v) is 9.42. The monoisotopic (exact) mass is 399 g/mol. The van der Waals surface area contributed by atoms with Gasteiger partial charge in [0.15, 0.2) is 0 Å². The van der Waals surface area contributed by atoms with Crippen molar-refractivity contribution >= 4 is 11.7 Å². The van der Waals surface area contributed by atoms with Crippen molar-refractivity contribution < 1.29 is 23.1 Å². The number of carbonyl (C=O) groups is 1. The van der Waals surface area contributed by atoms with E-state index in [-0.39, 0.29) is 30.8 Å². The van der Waals surface area contributed by atoms with Gasteiger partial charge in [0.2, 0.25) is 5.91 Å². The van der Waals surface area contributed by atoms with Crippen molar-refractivity contribution in [3.8, 4) is 0 Å². The Bertz CT molecular complexity index is 865. The van der Waals surface area contributed by atoms with E-state index in [1.54, 1.807) is 18.7 Å². The highest BCUT2D eigenvalue weighted by Crippen LogP contribution is 2.27. The molecule has 2 aromatic heterocycles. The zero-order chi connectivity index (χ0) is 20.5. The normalized spacial score (nSPS) is 18.5. The zero-order valence-corrected chi connectivity index (χ0v) is 16.0. The Morgan fingerprint density at radius 1 is 1.21 bits per heavy atom. The number of likely N-dealkylation sites (tertiary alicyclic amines) is 1. The number of fused-ring (bicyclic) bond motifs is 1. The number of aliphatic hydroxyl groups is 1. The molecule has 0 saturated carbocycles. The van der Waals surface area contributed by atoms with E-state index in [1.165, 1.54) is 0 Å². The van der Waals surface area contributed by atoms with Gasteiger partial charge in [0.1, 0.15) is 0 Å². The highest BCUT2D eigenvalue weighted by atomic mass is 19.4. The van der Waals surface area contributed by atoms with Crippen molar-refractivity contribution in [3.05, 3.63) is 22.8 Å². The van der Waals surface area contributed by atoms with Gasteiger partial charge in [-0.15, -0.1) is 5.10 Å². The van der Waals surface area contributed by atoms with Gasteiger partial charge in [0.05, 0.1) is 12.6 Å². The molecule has 2 aromatic rings. The van der Waals surface area contributed by atoms with Gasteiger partial charge in [-0.1, -0.05) is 12.8 Å². The molecular weight excluding hydrogens is 375 g/mol. The standard InChI is InChI=1S/C18H24F3N5O2/c1-11-14(7-8-15(28)25-9-5-3-4-6-13(25)10-27)12(2)26-17(22-11)23-16(24-26)18(19,20)21/h13,27H,3-10H2,1-2H3. The molecule has 0 aliphatic carbocycles. The van der Waals surface area contributed by atoms with Crippen LogP contribution in [0.3, 0.4) is 0 Å². The molecule has 3 heterocycles. The molecule has 1 fully saturated rings. The third kappa shape index (κ3) is 4.11. The molecule has 3 rings (SSSR count). The van der Waals surface area contributed by atoms with E-state index in [4.69, 9.17) is 0 Å². The van der Waals surface area contributed by atoms with E-state index in [0.29, 0.717) is 29.9 Å². The third-order valence-corrected chi connectivity index (χ3v) is 5.30. The van der Waals surface area contributed by atoms with Gasteiger partial charge >= 0.3 is 6.18 Å². The van der Waals surface area contributed by atoms with Gasteiger partial charge in [0, 0.05) is 24.4 Å². The molecule has 1 N–H and O–H groups in total. The number of aromatic nitrogens is 4. The lowest BCUT2D eigenvalue weighted by molar-refractivity contribution is -0.144. The van der Waals surface area contributed by atoms with E-state index in [2.05, 4.69) is 15.1 Å². The summed E-state index contributed by atoms with van der Waals surface area (Å²) in [5.74, 6) is -1.40. The van der Waals surface area contributed by atoms with Crippen LogP contribution in [-0.4, -0.2) is 54.7 Å². The fourth-order valence-electron chi connectivity index (χ4n) is 3.76. The van der Waals surface area contributed by atoms with Gasteiger partial charge in [0.25, 0.3) is 11.6 Å². The molecule has 1 aliphatic rings. The fraction of sp³-hybridized carbons (Fsp3) is 0.667. The van der Waals surface area contributed by atoms with E-state index >= 15 is 0 Å². The number of carbonyl (C=O) groups excluding carboxylic acids is 1. The summed E-state index contributed by atoms with van der Waals surface area (Å²) < 4.78 is 39.7. The maximum atomic E-state index is 12.9. The van der Waals surface area contributed by atoms with Crippen LogP contribution >= 0.6 is 0 Å². The molecule has 0 bridgehead atoms. The number of nitrogens with zero attached hydrogens (tertiary/aromatic N) is 5. The highest BCUT2D eigenvalue weighted by molar-refractivity contribution is 5.77. The SMILES string of the molecule is Cc1nc2nc(C(F)(F)F)nn2c(C)c1CCC(=O)N1CCCCCC1CO. The number of rotatable bonds is 4. The number of aryl methyl sites for hydroxylation is 2. The van der Waals surface area contributed by atoms with Crippen LogP contribution in [0, 0.1) is 13.8 Å². The van der Waals surface area contributed by atoms with Crippen LogP contribution in [0.15, 0.2) is 0 Å². The van der Waals surface area contributed by atoms with Crippen molar-refractivity contribution in [1.29, 1.82) is 0 Å². The average molecular weight is 399 g/mol. The van der Waals surface area contributed by atoms with Crippen molar-refractivity contribution in [2.45, 2.75) is 64.6 Å². The molecule has 154 valence electrons. The topological polar surface area (TPSA) is 83.6 Å². The van der Waals surface area contributed by atoms with Gasteiger partial charge in [-0.2, -0.15) is 18.2 Å². The minimum atomic E-state index is -4.64. The maximum absolute atomic E-state index is 12.9. The van der Waals surface area contributed by atoms with Crippen LogP contribution in [0.4, 0.5) is 13.2 Å². The first-order chi connectivity index (χ1) is 13.2. The van der Waals surface area contributed by atoms with Crippen molar-refractivity contribution in [2.24, 2.45) is 0 Å². The Morgan fingerprint density at radius 3 is 2.64 bits per heavy atom. The number of alkyl halides is 3. The molecule has 0 aromatic carbocycles. The molecule has 0 spiro atoms. The molecule has 7 nitrogen and oxygen atoms in total. The smallest absolute Gasteiger partial charge is 0.394 e. The van der Waals surface area contributed by atoms with Crippen LogP contribution in [0.25, 0.3) is 5.78 Å². The molecule has 0 radical (unpaired) electrons. The van der Waals surface area contributed by atoms with Crippen molar-refractivity contribution in [2.75, 3.05) is 13.2 Å². The summed E-state index contributed by atoms with van der Waals surface area (Å²) in [6.07, 6.45) is -0.383. The Morgan fingerprint density at radius 2 is 1.96 bits per heavy atom. The summed E-state index contributed by atoms with van der Waals surface area (Å²) in [5.41, 5.74) is 1.72. The fourth-order valence-corrected chi connectivity index (χ4v) is 3.76. The maximum Gasteiger partial charge on any atom is 0.453 e. The van der Waals surface area contributed by atoms with Crippen LogP contribution in [0.5, 0.6) is 0 Å². The van der Waals surface area contributed by atoms with E-state index in [1.807, 2.05) is 0 Å². The van der Waals surface area contributed by atoms with Crippen molar-refractivity contribution in [1.82, 2.24) is 24.5 Å². The van der Waals surface area contributed by atoms with E-state index < -0.39 is 12.0 Å². The van der Waals surface area contributed by atoms with Gasteiger partial charge in [-0.05, 0) is 38.7 Å². The number of hydrogen-bond donors (Lipinski definition) is 1. The number of hydrogen-bond acceptors (Lipinski definition) is 5. The number of amides is 1. The first kappa shape index (κ1) is 20.5. The van der Waals surface area contributed by atoms with E-state index in [9.17, 15) is 23.1 Å². The quantitative estimate of drug-likeness (QED) is 0.854. The zero-order valence-electron chi connectivity index (χ0n) is 16.0. The molecule has 1 aliphatic heterocycles. The van der Waals surface area contributed by atoms with Gasteiger partial charge in [-0.3, -0.25) is 4.79 Å². The predicted octanol–water partition coefficient (Wildman–Crippen LogP) is 2.46. The Labute approximate surface area is 160 Å². The van der Waals surface area contributed by atoms with Crippen LogP contribution in [0.1, 0.15) is 54.9 Å². The average Bonchev–Trinajstić information content (AvgIpc) is 2.92. The second-order valence-corrected chi connectivity index (χ2v) is 7.18. The summed E-state index contributed by atoms with van der Waals surface area (Å²) in [4.78, 5) is 22.1. The molecule has 1 unspecified atom stereocenters. The minimum absolute atomic E-state index is 0.0590. The minimum Gasteiger partial charge on any atom is -0.394 e. The summed E-state index contributed by atoms with van der Waals surface area (Å²) in [6, 6.07) is -0.164. The third-order valence-electron chi connectivity index (χ3n) is 5.30. The second kappa shape index (κ2) is 8.02. The lowest BCUT2D eigenvalue weighted by Gasteiger charge is -2.29. The Hall–Kier alpha value is -2.23. The van der Waals surface area contributed by atoms with Crippen LogP contribution < -0.4 is 0 Å². The Balaban J connectivity index is 1.81. The Kier molecular flexibility index (Phi) is 5.87. The second-order valence-electron chi connectivity index (χ2n) is 7.18. The number of halogens is 3. The van der Waals surface area contributed by atoms with Crippen LogP contribution in [-0.2, 0) is 17.4 Å². The van der Waals surface area contributed by atoms with Gasteiger partial charge in [-0.25, -0.2) is 9.50 Å². The summed E-state index contributed by atoms with van der Waals surface area (Å²) >= 11 is 0. The molecule has 1 saturated heterocycles. The van der Waals surface area contributed by atoms with E-state index in [0.717, 1.165) is 30.2 Å². The molecule has 1 amide bonds. The lowest BCUT2D eigenvalue weighted by Crippen LogP contribution is -2.42. The predicted molar refractivity (Wildman–Crippen MR) is 94.6 cm³/mol. The van der Waals surface area contributed by atoms with Gasteiger partial charge < -0.3 is 10.0 Å². The summed E-state index contributed by atoms with van der Waals surface area (Å²) in [5, 5.41) is 13.1. The molecular formula is C18H24F3N5O2. The van der Waals surface area contributed by atoms with Crippen LogP contribution in [0.2, 0.25) is 0 Å². The number of aliphatic hydroxyl groups excluding tert-OH is 1. The van der Waals surface area contributed by atoms with Crippen molar-refractivity contribution in [3.63, 3.8) is 0 Å².